The van der Waals surface area contributed by atoms with Crippen LogP contribution in [0.15, 0.2) is 53.3 Å². The lowest BCUT2D eigenvalue weighted by atomic mass is 10.1. The van der Waals surface area contributed by atoms with Gasteiger partial charge in [-0.15, -0.1) is 12.4 Å². The summed E-state index contributed by atoms with van der Waals surface area (Å²) in [7, 11) is 0. The average molecular weight is 402 g/mol. The molecule has 1 N–H and O–H groups in total. The molecule has 3 heterocycles. The van der Waals surface area contributed by atoms with Crippen LogP contribution in [0.25, 0.3) is 11.4 Å². The summed E-state index contributed by atoms with van der Waals surface area (Å²) in [4.78, 5) is 11.2. The van der Waals surface area contributed by atoms with E-state index in [1.807, 2.05) is 43.5 Å². The Morgan fingerprint density at radius 1 is 1.25 bits per heavy atom. The predicted molar refractivity (Wildman–Crippen MR) is 108 cm³/mol. The summed E-state index contributed by atoms with van der Waals surface area (Å²) in [6.45, 7) is 5.97. The van der Waals surface area contributed by atoms with Crippen molar-refractivity contribution in [3.8, 4) is 17.1 Å². The summed E-state index contributed by atoms with van der Waals surface area (Å²) in [5.74, 6) is 2.06. The molecule has 7 nitrogen and oxygen atoms in total. The molecule has 1 aromatic carbocycles. The Kier molecular flexibility index (Phi) is 6.97. The number of nitrogens with one attached hydrogen (secondary N) is 1. The number of hydrogen-bond acceptors (Lipinski definition) is 7. The summed E-state index contributed by atoms with van der Waals surface area (Å²) < 4.78 is 11.0. The fourth-order valence-electron chi connectivity index (χ4n) is 3.31. The molecule has 28 heavy (non-hydrogen) atoms. The van der Waals surface area contributed by atoms with Gasteiger partial charge in [0.25, 0.3) is 0 Å². The lowest BCUT2D eigenvalue weighted by Crippen LogP contribution is -2.45. The van der Waals surface area contributed by atoms with E-state index < -0.39 is 0 Å². The first-order valence-corrected chi connectivity index (χ1v) is 9.24. The van der Waals surface area contributed by atoms with Crippen molar-refractivity contribution in [1.82, 2.24) is 25.3 Å². The summed E-state index contributed by atoms with van der Waals surface area (Å²) in [6.07, 6.45) is 3.72. The molecule has 0 spiro atoms. The van der Waals surface area contributed by atoms with Gasteiger partial charge in [0.1, 0.15) is 5.75 Å². The zero-order chi connectivity index (χ0) is 18.5. The highest BCUT2D eigenvalue weighted by molar-refractivity contribution is 5.85. The minimum absolute atomic E-state index is 0. The van der Waals surface area contributed by atoms with E-state index in [-0.39, 0.29) is 18.4 Å². The normalized spacial score (nSPS) is 17.1. The van der Waals surface area contributed by atoms with Gasteiger partial charge in [-0.25, -0.2) is 0 Å². The van der Waals surface area contributed by atoms with Crippen LogP contribution in [0, 0.1) is 0 Å². The molecular weight excluding hydrogens is 378 g/mol. The van der Waals surface area contributed by atoms with E-state index in [9.17, 15) is 0 Å². The van der Waals surface area contributed by atoms with E-state index >= 15 is 0 Å². The van der Waals surface area contributed by atoms with E-state index in [4.69, 9.17) is 9.26 Å². The highest BCUT2D eigenvalue weighted by Gasteiger charge is 2.25. The quantitative estimate of drug-likeness (QED) is 0.680. The van der Waals surface area contributed by atoms with Gasteiger partial charge < -0.3 is 14.6 Å². The monoisotopic (exact) mass is 401 g/mol. The lowest BCUT2D eigenvalue weighted by molar-refractivity contribution is 0.135. The van der Waals surface area contributed by atoms with Crippen molar-refractivity contribution >= 4 is 12.4 Å². The summed E-state index contributed by atoms with van der Waals surface area (Å²) in [6, 6.07) is 12.1. The second kappa shape index (κ2) is 9.64. The number of halogens is 1. The lowest BCUT2D eigenvalue weighted by Gasteiger charge is -2.35. The Morgan fingerprint density at radius 2 is 2.11 bits per heavy atom. The smallest absolute Gasteiger partial charge is 0.241 e. The molecule has 1 fully saturated rings. The molecule has 1 saturated heterocycles. The molecule has 0 saturated carbocycles. The predicted octanol–water partition coefficient (Wildman–Crippen LogP) is 3.10. The van der Waals surface area contributed by atoms with Crippen LogP contribution >= 0.6 is 12.4 Å². The topological polar surface area (TPSA) is 76.3 Å². The zero-order valence-electron chi connectivity index (χ0n) is 15.7. The molecule has 0 bridgehead atoms. The van der Waals surface area contributed by atoms with Crippen molar-refractivity contribution in [1.29, 1.82) is 0 Å². The highest BCUT2D eigenvalue weighted by atomic mass is 35.5. The maximum atomic E-state index is 5.51. The van der Waals surface area contributed by atoms with Crippen LogP contribution in [-0.2, 0) is 6.54 Å². The van der Waals surface area contributed by atoms with Crippen molar-refractivity contribution in [3.63, 3.8) is 0 Å². The van der Waals surface area contributed by atoms with Gasteiger partial charge in [0.15, 0.2) is 0 Å². The number of benzene rings is 1. The minimum atomic E-state index is 0. The molecule has 0 aliphatic carbocycles. The van der Waals surface area contributed by atoms with Crippen LogP contribution in [0.5, 0.6) is 5.75 Å². The average Bonchev–Trinajstić information content (AvgIpc) is 3.18. The Hall–Kier alpha value is -2.48. The molecule has 1 atom stereocenters. The molecule has 148 valence electrons. The number of rotatable bonds is 6. The first-order chi connectivity index (χ1) is 13.3. The van der Waals surface area contributed by atoms with Crippen LogP contribution in [0.1, 0.15) is 24.4 Å². The molecule has 4 rings (SSSR count). The van der Waals surface area contributed by atoms with Gasteiger partial charge in [-0.2, -0.15) is 4.98 Å². The Morgan fingerprint density at radius 3 is 2.86 bits per heavy atom. The molecule has 1 unspecified atom stereocenters. The van der Waals surface area contributed by atoms with Gasteiger partial charge in [-0.1, -0.05) is 11.2 Å². The van der Waals surface area contributed by atoms with Crippen LogP contribution < -0.4 is 10.1 Å². The van der Waals surface area contributed by atoms with Gasteiger partial charge in [0.05, 0.1) is 13.2 Å². The fraction of sp³-hybridized carbons (Fsp3) is 0.350. The number of aromatic nitrogens is 3. The van der Waals surface area contributed by atoms with Crippen LogP contribution in [-0.4, -0.2) is 46.3 Å². The second-order valence-corrected chi connectivity index (χ2v) is 6.45. The molecule has 3 aromatic rings. The number of hydrogen-bond donors (Lipinski definition) is 1. The molecular formula is C20H24ClN5O2. The molecule has 2 aromatic heterocycles. The third kappa shape index (κ3) is 4.67. The summed E-state index contributed by atoms with van der Waals surface area (Å²) >= 11 is 0. The third-order valence-corrected chi connectivity index (χ3v) is 4.65. The fourth-order valence-corrected chi connectivity index (χ4v) is 3.31. The van der Waals surface area contributed by atoms with E-state index in [0.29, 0.717) is 24.9 Å². The number of nitrogens with zero attached hydrogens (tertiary/aromatic N) is 4. The number of pyridine rings is 1. The first kappa shape index (κ1) is 20.3. The van der Waals surface area contributed by atoms with Crippen molar-refractivity contribution < 1.29 is 9.26 Å². The van der Waals surface area contributed by atoms with Gasteiger partial charge in [0, 0.05) is 43.6 Å². The van der Waals surface area contributed by atoms with Gasteiger partial charge in [-0.3, -0.25) is 9.88 Å². The van der Waals surface area contributed by atoms with E-state index in [0.717, 1.165) is 30.9 Å². The SMILES string of the molecule is CCOc1ccc(-c2noc(CN3CCNCC3c3cccnc3)n2)cc1.Cl. The molecule has 1 aliphatic heterocycles. The van der Waals surface area contributed by atoms with Gasteiger partial charge in [-0.05, 0) is 42.8 Å². The number of piperazine rings is 1. The Balaban J connectivity index is 0.00000225. The van der Waals surface area contributed by atoms with E-state index in [2.05, 4.69) is 31.4 Å². The van der Waals surface area contributed by atoms with Gasteiger partial charge in [0.2, 0.25) is 11.7 Å². The van der Waals surface area contributed by atoms with Crippen LogP contribution in [0.4, 0.5) is 0 Å². The number of ether oxygens (including phenoxy) is 1. The first-order valence-electron chi connectivity index (χ1n) is 9.24. The second-order valence-electron chi connectivity index (χ2n) is 6.45. The van der Waals surface area contributed by atoms with E-state index in [1.54, 1.807) is 6.20 Å². The maximum Gasteiger partial charge on any atom is 0.241 e. The highest BCUT2D eigenvalue weighted by Crippen LogP contribution is 2.24. The van der Waals surface area contributed by atoms with Crippen molar-refractivity contribution in [2.45, 2.75) is 19.5 Å². The van der Waals surface area contributed by atoms with Crippen molar-refractivity contribution in [3.05, 3.63) is 60.2 Å². The largest absolute Gasteiger partial charge is 0.494 e. The van der Waals surface area contributed by atoms with Crippen LogP contribution in [0.2, 0.25) is 0 Å². The van der Waals surface area contributed by atoms with Crippen molar-refractivity contribution in [2.24, 2.45) is 0 Å². The zero-order valence-corrected chi connectivity index (χ0v) is 16.6. The standard InChI is InChI=1S/C20H23N5O2.ClH/c1-2-26-17-7-5-15(6-8-17)20-23-19(27-24-20)14-25-11-10-22-13-18(25)16-4-3-9-21-12-16;/h3-9,12,18,22H,2,10-11,13-14H2,1H3;1H. The maximum absolute atomic E-state index is 5.51. The third-order valence-electron chi connectivity index (χ3n) is 4.65. The molecule has 8 heteroatoms. The van der Waals surface area contributed by atoms with Crippen molar-refractivity contribution in [2.75, 3.05) is 26.2 Å². The molecule has 0 radical (unpaired) electrons. The summed E-state index contributed by atoms with van der Waals surface area (Å²) in [5, 5.41) is 7.59. The summed E-state index contributed by atoms with van der Waals surface area (Å²) in [5.41, 5.74) is 2.11. The molecule has 0 amide bonds. The van der Waals surface area contributed by atoms with Gasteiger partial charge >= 0.3 is 0 Å². The van der Waals surface area contributed by atoms with E-state index in [1.165, 1.54) is 5.56 Å². The van der Waals surface area contributed by atoms with Crippen LogP contribution in [0.3, 0.4) is 0 Å². The molecule has 1 aliphatic rings. The Bertz CT molecular complexity index is 857. The Labute approximate surface area is 170 Å². The minimum Gasteiger partial charge on any atom is -0.494 e.